The van der Waals surface area contributed by atoms with Crippen LogP contribution in [0.25, 0.3) is 11.0 Å². The highest BCUT2D eigenvalue weighted by Crippen LogP contribution is 2.21. The van der Waals surface area contributed by atoms with Crippen LogP contribution in [-0.4, -0.2) is 29.6 Å². The molecule has 3 rings (SSSR count). The van der Waals surface area contributed by atoms with Gasteiger partial charge in [-0.3, -0.25) is 14.2 Å². The average molecular weight is 324 g/mol. The van der Waals surface area contributed by atoms with Crippen molar-refractivity contribution in [1.29, 1.82) is 0 Å². The van der Waals surface area contributed by atoms with Crippen molar-refractivity contribution in [3.8, 4) is 11.5 Å². The zero-order valence-corrected chi connectivity index (χ0v) is 13.4. The third-order valence-corrected chi connectivity index (χ3v) is 3.76. The molecule has 0 spiro atoms. The molecule has 0 N–H and O–H groups in total. The summed E-state index contributed by atoms with van der Waals surface area (Å²) in [5.41, 5.74) is 1.24. The average Bonchev–Trinajstić information content (AvgIpc) is 2.63. The van der Waals surface area contributed by atoms with Gasteiger partial charge in [0, 0.05) is 6.07 Å². The number of hydrogen-bond acceptors (Lipinski definition) is 5. The molecule has 6 heteroatoms. The minimum absolute atomic E-state index is 0.106. The molecule has 1 aromatic heterocycles. The summed E-state index contributed by atoms with van der Waals surface area (Å²) in [6.45, 7) is -0.106. The predicted octanol–water partition coefficient (Wildman–Crippen LogP) is 2.30. The van der Waals surface area contributed by atoms with Crippen molar-refractivity contribution in [3.63, 3.8) is 0 Å². The normalized spacial score (nSPS) is 10.6. The first-order chi connectivity index (χ1) is 11.6. The minimum atomic E-state index is -0.348. The fourth-order valence-electron chi connectivity index (χ4n) is 2.54. The molecule has 0 amide bonds. The van der Waals surface area contributed by atoms with E-state index >= 15 is 0 Å². The van der Waals surface area contributed by atoms with Gasteiger partial charge in [0.2, 0.25) is 0 Å². The molecular formula is C18H16N2O4. The van der Waals surface area contributed by atoms with Crippen LogP contribution in [0, 0.1) is 0 Å². The number of para-hydroxylation sites is 1. The molecule has 0 atom stereocenters. The molecular weight excluding hydrogens is 308 g/mol. The van der Waals surface area contributed by atoms with Crippen molar-refractivity contribution in [2.24, 2.45) is 0 Å². The number of hydrogen-bond donors (Lipinski definition) is 0. The number of aromatic nitrogens is 2. The summed E-state index contributed by atoms with van der Waals surface area (Å²) < 4.78 is 11.8. The first-order valence-electron chi connectivity index (χ1n) is 7.34. The number of methoxy groups -OCH3 is 2. The van der Waals surface area contributed by atoms with E-state index in [4.69, 9.17) is 9.47 Å². The van der Waals surface area contributed by atoms with E-state index in [1.54, 1.807) is 49.6 Å². The SMILES string of the molecule is COc1ccc2ncc(=O)n(CC(=O)c3ccccc3OC)c2c1. The molecule has 0 bridgehead atoms. The zero-order valence-electron chi connectivity index (χ0n) is 13.4. The largest absolute Gasteiger partial charge is 0.497 e. The Balaban J connectivity index is 2.07. The van der Waals surface area contributed by atoms with Gasteiger partial charge < -0.3 is 9.47 Å². The van der Waals surface area contributed by atoms with E-state index in [0.717, 1.165) is 0 Å². The third kappa shape index (κ3) is 2.86. The maximum absolute atomic E-state index is 12.7. The Morgan fingerprint density at radius 2 is 1.92 bits per heavy atom. The number of rotatable bonds is 5. The van der Waals surface area contributed by atoms with E-state index in [9.17, 15) is 9.59 Å². The Morgan fingerprint density at radius 1 is 1.12 bits per heavy atom. The Bertz CT molecular complexity index is 963. The van der Waals surface area contributed by atoms with Gasteiger partial charge in [-0.25, -0.2) is 4.98 Å². The quantitative estimate of drug-likeness (QED) is 0.674. The summed E-state index contributed by atoms with van der Waals surface area (Å²) in [6, 6.07) is 12.1. The van der Waals surface area contributed by atoms with Crippen LogP contribution in [0.5, 0.6) is 11.5 Å². The Kier molecular flexibility index (Phi) is 4.29. The molecule has 1 heterocycles. The number of carbonyl (C=O) groups is 1. The molecule has 0 radical (unpaired) electrons. The number of fused-ring (bicyclic) bond motifs is 1. The van der Waals surface area contributed by atoms with Crippen LogP contribution in [0.1, 0.15) is 10.4 Å². The van der Waals surface area contributed by atoms with Gasteiger partial charge in [-0.1, -0.05) is 12.1 Å². The van der Waals surface area contributed by atoms with Crippen LogP contribution in [0.2, 0.25) is 0 Å². The molecule has 122 valence electrons. The van der Waals surface area contributed by atoms with Crippen molar-refractivity contribution in [2.75, 3.05) is 14.2 Å². The van der Waals surface area contributed by atoms with Crippen LogP contribution >= 0.6 is 0 Å². The number of Topliss-reactive ketones (excluding diaryl/α,β-unsaturated/α-hetero) is 1. The molecule has 3 aromatic rings. The van der Waals surface area contributed by atoms with Crippen LogP contribution in [0.3, 0.4) is 0 Å². The predicted molar refractivity (Wildman–Crippen MR) is 89.9 cm³/mol. The van der Waals surface area contributed by atoms with Crippen molar-refractivity contribution >= 4 is 16.8 Å². The highest BCUT2D eigenvalue weighted by molar-refractivity contribution is 5.99. The van der Waals surface area contributed by atoms with Gasteiger partial charge in [0.05, 0.1) is 43.6 Å². The van der Waals surface area contributed by atoms with E-state index in [1.807, 2.05) is 0 Å². The number of ketones is 1. The molecule has 24 heavy (non-hydrogen) atoms. The van der Waals surface area contributed by atoms with Crippen LogP contribution in [0.15, 0.2) is 53.5 Å². The van der Waals surface area contributed by atoms with Gasteiger partial charge in [-0.2, -0.15) is 0 Å². The lowest BCUT2D eigenvalue weighted by molar-refractivity contribution is 0.0969. The van der Waals surface area contributed by atoms with Gasteiger partial charge in [0.25, 0.3) is 5.56 Å². The summed E-state index contributed by atoms with van der Waals surface area (Å²) in [7, 11) is 3.05. The Hall–Kier alpha value is -3.15. The fraction of sp³-hybridized carbons (Fsp3) is 0.167. The number of benzene rings is 2. The van der Waals surface area contributed by atoms with Crippen LogP contribution in [-0.2, 0) is 6.54 Å². The second-order valence-electron chi connectivity index (χ2n) is 5.16. The summed E-state index contributed by atoms with van der Waals surface area (Å²) in [5.74, 6) is 0.852. The van der Waals surface area contributed by atoms with Crippen molar-refractivity contribution in [2.45, 2.75) is 6.54 Å². The standard InChI is InChI=1S/C18H16N2O4/c1-23-12-7-8-14-15(9-12)20(18(22)10-19-14)11-16(21)13-5-3-4-6-17(13)24-2/h3-10H,11H2,1-2H3. The van der Waals surface area contributed by atoms with E-state index in [2.05, 4.69) is 4.98 Å². The number of nitrogens with zero attached hydrogens (tertiary/aromatic N) is 2. The summed E-state index contributed by atoms with van der Waals surface area (Å²) in [4.78, 5) is 29.0. The zero-order chi connectivity index (χ0) is 17.1. The van der Waals surface area contributed by atoms with E-state index in [1.165, 1.54) is 17.9 Å². The minimum Gasteiger partial charge on any atom is -0.497 e. The number of ether oxygens (including phenoxy) is 2. The van der Waals surface area contributed by atoms with E-state index < -0.39 is 0 Å². The molecule has 0 aliphatic carbocycles. The van der Waals surface area contributed by atoms with E-state index in [0.29, 0.717) is 28.1 Å². The first kappa shape index (κ1) is 15.7. The van der Waals surface area contributed by atoms with E-state index in [-0.39, 0.29) is 17.9 Å². The third-order valence-electron chi connectivity index (χ3n) is 3.76. The highest BCUT2D eigenvalue weighted by Gasteiger charge is 2.15. The fourth-order valence-corrected chi connectivity index (χ4v) is 2.54. The maximum Gasteiger partial charge on any atom is 0.269 e. The van der Waals surface area contributed by atoms with Crippen molar-refractivity contribution in [1.82, 2.24) is 9.55 Å². The molecule has 0 saturated carbocycles. The molecule has 0 aliphatic heterocycles. The van der Waals surface area contributed by atoms with Gasteiger partial charge in [0.1, 0.15) is 11.5 Å². The lowest BCUT2D eigenvalue weighted by Crippen LogP contribution is -2.25. The maximum atomic E-state index is 12.7. The second-order valence-corrected chi connectivity index (χ2v) is 5.16. The summed E-state index contributed by atoms with van der Waals surface area (Å²) >= 11 is 0. The molecule has 0 unspecified atom stereocenters. The van der Waals surface area contributed by atoms with Gasteiger partial charge in [-0.05, 0) is 24.3 Å². The summed E-state index contributed by atoms with van der Waals surface area (Å²) in [6.07, 6.45) is 1.21. The Morgan fingerprint density at radius 3 is 2.67 bits per heavy atom. The number of carbonyl (C=O) groups excluding carboxylic acids is 1. The molecule has 0 aliphatic rings. The Labute approximate surface area is 138 Å². The molecule has 0 fully saturated rings. The highest BCUT2D eigenvalue weighted by atomic mass is 16.5. The van der Waals surface area contributed by atoms with Crippen LogP contribution in [0.4, 0.5) is 0 Å². The molecule has 2 aromatic carbocycles. The molecule has 0 saturated heterocycles. The second kappa shape index (κ2) is 6.54. The lowest BCUT2D eigenvalue weighted by Gasteiger charge is -2.11. The van der Waals surface area contributed by atoms with Crippen molar-refractivity contribution < 1.29 is 14.3 Å². The first-order valence-corrected chi connectivity index (χ1v) is 7.34. The van der Waals surface area contributed by atoms with Gasteiger partial charge >= 0.3 is 0 Å². The lowest BCUT2D eigenvalue weighted by atomic mass is 10.1. The van der Waals surface area contributed by atoms with Crippen molar-refractivity contribution in [3.05, 3.63) is 64.6 Å². The smallest absolute Gasteiger partial charge is 0.269 e. The topological polar surface area (TPSA) is 70.4 Å². The molecule has 6 nitrogen and oxygen atoms in total. The van der Waals surface area contributed by atoms with Gasteiger partial charge in [-0.15, -0.1) is 0 Å². The summed E-state index contributed by atoms with van der Waals surface area (Å²) in [5, 5.41) is 0. The monoisotopic (exact) mass is 324 g/mol. The van der Waals surface area contributed by atoms with Gasteiger partial charge in [0.15, 0.2) is 5.78 Å². The van der Waals surface area contributed by atoms with Crippen LogP contribution < -0.4 is 15.0 Å².